The molecule has 0 radical (unpaired) electrons. The summed E-state index contributed by atoms with van der Waals surface area (Å²) in [4.78, 5) is 0. The van der Waals surface area contributed by atoms with E-state index in [1.165, 1.54) is 14.2 Å². The lowest BCUT2D eigenvalue weighted by Crippen LogP contribution is -2.42. The van der Waals surface area contributed by atoms with E-state index in [-0.39, 0.29) is 5.92 Å². The molecule has 0 saturated carbocycles. The third-order valence-electron chi connectivity index (χ3n) is 1.78. The van der Waals surface area contributed by atoms with Crippen LogP contribution in [-0.4, -0.2) is 42.9 Å². The van der Waals surface area contributed by atoms with Crippen molar-refractivity contribution in [2.75, 3.05) is 14.2 Å². The van der Waals surface area contributed by atoms with Gasteiger partial charge in [-0.15, -0.1) is 0 Å². The van der Waals surface area contributed by atoms with Crippen LogP contribution >= 0.6 is 0 Å². The monoisotopic (exact) mass is 178 g/mol. The molecule has 4 heteroatoms. The first-order valence-corrected chi connectivity index (χ1v) is 3.96. The minimum atomic E-state index is -1.000. The summed E-state index contributed by atoms with van der Waals surface area (Å²) in [7, 11) is 2.84. The van der Waals surface area contributed by atoms with E-state index in [1.807, 2.05) is 13.8 Å². The molecule has 0 heterocycles. The van der Waals surface area contributed by atoms with Crippen LogP contribution in [0.25, 0.3) is 0 Å². The van der Waals surface area contributed by atoms with Crippen LogP contribution in [0.2, 0.25) is 0 Å². The Hall–Kier alpha value is -0.160. The molecular weight excluding hydrogens is 160 g/mol. The van der Waals surface area contributed by atoms with Crippen molar-refractivity contribution in [1.82, 2.24) is 0 Å². The van der Waals surface area contributed by atoms with Crippen molar-refractivity contribution in [3.8, 4) is 0 Å². The van der Waals surface area contributed by atoms with E-state index in [0.29, 0.717) is 0 Å². The van der Waals surface area contributed by atoms with Crippen LogP contribution in [0.3, 0.4) is 0 Å². The van der Waals surface area contributed by atoms with E-state index in [0.717, 1.165) is 0 Å². The summed E-state index contributed by atoms with van der Waals surface area (Å²) in [5, 5.41) is 18.9. The Labute approximate surface area is 73.1 Å². The zero-order valence-electron chi connectivity index (χ0n) is 8.02. The molecule has 0 aromatic heterocycles. The van der Waals surface area contributed by atoms with Crippen molar-refractivity contribution in [3.63, 3.8) is 0 Å². The quantitative estimate of drug-likeness (QED) is 0.581. The maximum atomic E-state index is 9.45. The molecule has 0 aliphatic carbocycles. The molecular formula is C8H18O4. The highest BCUT2D eigenvalue weighted by atomic mass is 16.7. The molecule has 0 unspecified atom stereocenters. The zero-order chi connectivity index (χ0) is 9.72. The predicted octanol–water partition coefficient (Wildman–Crippen LogP) is -0.0169. The van der Waals surface area contributed by atoms with Crippen LogP contribution in [-0.2, 0) is 9.47 Å². The second-order valence-corrected chi connectivity index (χ2v) is 3.06. The smallest absolute Gasteiger partial charge is 0.185 e. The largest absolute Gasteiger partial charge is 0.390 e. The van der Waals surface area contributed by atoms with E-state index in [4.69, 9.17) is 9.47 Å². The van der Waals surface area contributed by atoms with Crippen molar-refractivity contribution in [2.45, 2.75) is 32.3 Å². The minimum absolute atomic E-state index is 0.0206. The Balaban J connectivity index is 4.05. The summed E-state index contributed by atoms with van der Waals surface area (Å²) in [5.74, 6) is -0.0206. The Morgan fingerprint density at radius 3 is 1.58 bits per heavy atom. The highest BCUT2D eigenvalue weighted by Gasteiger charge is 2.28. The van der Waals surface area contributed by atoms with Gasteiger partial charge in [0.1, 0.15) is 6.10 Å². The summed E-state index contributed by atoms with van der Waals surface area (Å²) in [6.07, 6.45) is -2.59. The molecule has 0 aliphatic rings. The molecule has 0 fully saturated rings. The molecule has 0 aromatic rings. The van der Waals surface area contributed by atoms with Crippen LogP contribution < -0.4 is 0 Å². The van der Waals surface area contributed by atoms with Crippen LogP contribution in [0, 0.1) is 5.92 Å². The van der Waals surface area contributed by atoms with Gasteiger partial charge in [0.05, 0.1) is 6.10 Å². The van der Waals surface area contributed by atoms with E-state index >= 15 is 0 Å². The number of ether oxygens (including phenoxy) is 2. The Bertz CT molecular complexity index is 110. The maximum Gasteiger partial charge on any atom is 0.185 e. The van der Waals surface area contributed by atoms with Gasteiger partial charge in [-0.1, -0.05) is 13.8 Å². The van der Waals surface area contributed by atoms with Crippen molar-refractivity contribution >= 4 is 0 Å². The first-order valence-electron chi connectivity index (χ1n) is 3.96. The van der Waals surface area contributed by atoms with E-state index < -0.39 is 18.5 Å². The van der Waals surface area contributed by atoms with Crippen molar-refractivity contribution < 1.29 is 19.7 Å². The zero-order valence-corrected chi connectivity index (χ0v) is 8.02. The fourth-order valence-electron chi connectivity index (χ4n) is 0.930. The molecule has 0 aromatic carbocycles. The fraction of sp³-hybridized carbons (Fsp3) is 1.00. The third-order valence-corrected chi connectivity index (χ3v) is 1.78. The van der Waals surface area contributed by atoms with Gasteiger partial charge < -0.3 is 19.7 Å². The molecule has 0 saturated heterocycles. The SMILES string of the molecule is COC(OC)[C@H](O)[C@H](O)C(C)C. The second-order valence-electron chi connectivity index (χ2n) is 3.06. The number of aliphatic hydroxyl groups is 2. The first kappa shape index (κ1) is 11.8. The van der Waals surface area contributed by atoms with E-state index in [9.17, 15) is 10.2 Å². The van der Waals surface area contributed by atoms with Crippen molar-refractivity contribution in [3.05, 3.63) is 0 Å². The number of rotatable bonds is 5. The van der Waals surface area contributed by atoms with Gasteiger partial charge in [0.15, 0.2) is 6.29 Å². The van der Waals surface area contributed by atoms with Gasteiger partial charge in [-0.2, -0.15) is 0 Å². The van der Waals surface area contributed by atoms with Crippen LogP contribution in [0.1, 0.15) is 13.8 Å². The molecule has 2 N–H and O–H groups in total. The molecule has 2 atom stereocenters. The Morgan fingerprint density at radius 2 is 1.33 bits per heavy atom. The summed E-state index contributed by atoms with van der Waals surface area (Å²) in [5.41, 5.74) is 0. The highest BCUT2D eigenvalue weighted by Crippen LogP contribution is 2.11. The first-order chi connectivity index (χ1) is 5.54. The van der Waals surface area contributed by atoms with Crippen LogP contribution in [0.4, 0.5) is 0 Å². The Morgan fingerprint density at radius 1 is 0.917 bits per heavy atom. The summed E-state index contributed by atoms with van der Waals surface area (Å²) in [6, 6.07) is 0. The average molecular weight is 178 g/mol. The lowest BCUT2D eigenvalue weighted by Gasteiger charge is -2.26. The fourth-order valence-corrected chi connectivity index (χ4v) is 0.930. The molecule has 0 aliphatic heterocycles. The highest BCUT2D eigenvalue weighted by molar-refractivity contribution is 4.72. The second kappa shape index (κ2) is 5.48. The van der Waals surface area contributed by atoms with Gasteiger partial charge >= 0.3 is 0 Å². The van der Waals surface area contributed by atoms with Gasteiger partial charge in [0, 0.05) is 14.2 Å². The molecule has 74 valence electrons. The Kier molecular flexibility index (Phi) is 5.41. The molecule has 0 bridgehead atoms. The van der Waals surface area contributed by atoms with Gasteiger partial charge in [0.2, 0.25) is 0 Å². The topological polar surface area (TPSA) is 58.9 Å². The van der Waals surface area contributed by atoms with Gasteiger partial charge in [-0.05, 0) is 5.92 Å². The maximum absolute atomic E-state index is 9.45. The van der Waals surface area contributed by atoms with Crippen LogP contribution in [0.15, 0.2) is 0 Å². The molecule has 0 spiro atoms. The summed E-state index contributed by atoms with van der Waals surface area (Å²) in [6.45, 7) is 3.63. The van der Waals surface area contributed by atoms with Crippen molar-refractivity contribution in [2.24, 2.45) is 5.92 Å². The lowest BCUT2D eigenvalue weighted by atomic mass is 10.0. The number of hydrogen-bond acceptors (Lipinski definition) is 4. The standard InChI is InChI=1S/C8H18O4/c1-5(2)6(9)7(10)8(11-3)12-4/h5-10H,1-4H3/t6-,7-/m1/s1. The lowest BCUT2D eigenvalue weighted by molar-refractivity contribution is -0.195. The van der Waals surface area contributed by atoms with Gasteiger partial charge in [-0.3, -0.25) is 0 Å². The van der Waals surface area contributed by atoms with E-state index in [2.05, 4.69) is 0 Å². The molecule has 0 rings (SSSR count). The molecule has 0 amide bonds. The normalized spacial score (nSPS) is 17.0. The molecule has 12 heavy (non-hydrogen) atoms. The van der Waals surface area contributed by atoms with Gasteiger partial charge in [0.25, 0.3) is 0 Å². The third kappa shape index (κ3) is 3.06. The summed E-state index contributed by atoms with van der Waals surface area (Å²) < 4.78 is 9.60. The minimum Gasteiger partial charge on any atom is -0.390 e. The van der Waals surface area contributed by atoms with Crippen molar-refractivity contribution in [1.29, 1.82) is 0 Å². The predicted molar refractivity (Wildman–Crippen MR) is 44.7 cm³/mol. The number of methoxy groups -OCH3 is 2. The number of aliphatic hydroxyl groups excluding tert-OH is 2. The van der Waals surface area contributed by atoms with Gasteiger partial charge in [-0.25, -0.2) is 0 Å². The molecule has 4 nitrogen and oxygen atoms in total. The van der Waals surface area contributed by atoms with E-state index in [1.54, 1.807) is 0 Å². The summed E-state index contributed by atoms with van der Waals surface area (Å²) >= 11 is 0. The number of hydrogen-bond donors (Lipinski definition) is 2. The van der Waals surface area contributed by atoms with Crippen LogP contribution in [0.5, 0.6) is 0 Å². The average Bonchev–Trinajstić information content (AvgIpc) is 2.05.